The van der Waals surface area contributed by atoms with Gasteiger partial charge in [-0.25, -0.2) is 8.42 Å². The van der Waals surface area contributed by atoms with Crippen LogP contribution >= 0.6 is 0 Å². The Morgan fingerprint density at radius 1 is 1.25 bits per heavy atom. The van der Waals surface area contributed by atoms with Gasteiger partial charge in [0.2, 0.25) is 0 Å². The van der Waals surface area contributed by atoms with Crippen molar-refractivity contribution in [3.05, 3.63) is 48.4 Å². The van der Waals surface area contributed by atoms with E-state index in [0.717, 1.165) is 0 Å². The summed E-state index contributed by atoms with van der Waals surface area (Å²) in [5.74, 6) is 0. The lowest BCUT2D eigenvalue weighted by atomic mass is 10.1. The van der Waals surface area contributed by atoms with Crippen LogP contribution in [0.5, 0.6) is 0 Å². The Hall–Kier alpha value is -1.09. The minimum Gasteiger partial charge on any atom is -0.223 e. The van der Waals surface area contributed by atoms with E-state index in [1.807, 2.05) is 6.92 Å². The molecule has 0 saturated heterocycles. The van der Waals surface area contributed by atoms with Gasteiger partial charge < -0.3 is 0 Å². The predicted octanol–water partition coefficient (Wildman–Crippen LogP) is 3.40. The maximum Gasteiger partial charge on any atom is 0.183 e. The van der Waals surface area contributed by atoms with E-state index < -0.39 is 14.6 Å². The first-order chi connectivity index (χ1) is 7.33. The third-order valence-electron chi connectivity index (χ3n) is 2.57. The maximum atomic E-state index is 12.3. The van der Waals surface area contributed by atoms with Gasteiger partial charge >= 0.3 is 0 Å². The van der Waals surface area contributed by atoms with Crippen molar-refractivity contribution in [3.63, 3.8) is 0 Å². The second kappa shape index (κ2) is 5.85. The predicted molar refractivity (Wildman–Crippen MR) is 70.9 cm³/mol. The van der Waals surface area contributed by atoms with E-state index in [4.69, 9.17) is 0 Å². The second-order valence-corrected chi connectivity index (χ2v) is 6.60. The van der Waals surface area contributed by atoms with Crippen molar-refractivity contribution in [3.8, 4) is 0 Å². The van der Waals surface area contributed by atoms with Crippen LogP contribution in [0.25, 0.3) is 0 Å². The molecule has 0 saturated carbocycles. The molecule has 2 nitrogen and oxygen atoms in total. The molecule has 3 heteroatoms. The zero-order valence-electron chi connectivity index (χ0n) is 10.2. The molecule has 0 N–H and O–H groups in total. The Kier molecular flexibility index (Phi) is 5.45. The van der Waals surface area contributed by atoms with Gasteiger partial charge in [0.1, 0.15) is 0 Å². The molecule has 0 bridgehead atoms. The van der Waals surface area contributed by atoms with Crippen molar-refractivity contribution in [2.75, 3.05) is 0 Å². The van der Waals surface area contributed by atoms with E-state index in [9.17, 15) is 8.42 Å². The summed E-state index contributed by atoms with van der Waals surface area (Å²) in [5, 5.41) is 0. The van der Waals surface area contributed by atoms with Crippen LogP contribution in [0.4, 0.5) is 0 Å². The third-order valence-corrected chi connectivity index (χ3v) is 5.20. The highest BCUT2D eigenvalue weighted by atomic mass is 32.2. The molecule has 0 unspecified atom stereocenters. The normalized spacial score (nSPS) is 14.1. The minimum absolute atomic E-state index is 0.272. The topological polar surface area (TPSA) is 34.1 Å². The van der Waals surface area contributed by atoms with Crippen molar-refractivity contribution in [2.45, 2.75) is 31.9 Å². The molecular formula is C13H20O2S. The van der Waals surface area contributed by atoms with E-state index in [1.165, 1.54) is 12.2 Å². The fourth-order valence-electron chi connectivity index (χ4n) is 1.02. The van der Waals surface area contributed by atoms with Crippen molar-refractivity contribution in [1.29, 1.82) is 0 Å². The summed E-state index contributed by atoms with van der Waals surface area (Å²) in [6.07, 6.45) is 8.25. The molecule has 0 rings (SSSR count). The highest BCUT2D eigenvalue weighted by Gasteiger charge is 2.34. The van der Waals surface area contributed by atoms with Gasteiger partial charge in [-0.2, -0.15) is 0 Å². The molecule has 0 amide bonds. The van der Waals surface area contributed by atoms with Gasteiger partial charge in [-0.15, -0.1) is 0 Å². The summed E-state index contributed by atoms with van der Waals surface area (Å²) in [7, 11) is -3.33. The van der Waals surface area contributed by atoms with Gasteiger partial charge in [-0.05, 0) is 32.4 Å². The third kappa shape index (κ3) is 3.20. The quantitative estimate of drug-likeness (QED) is 0.667. The molecule has 0 spiro atoms. The summed E-state index contributed by atoms with van der Waals surface area (Å²) in [6, 6.07) is 0. The molecule has 0 aromatic carbocycles. The summed E-state index contributed by atoms with van der Waals surface area (Å²) in [5.41, 5.74) is 0. The van der Waals surface area contributed by atoms with Crippen LogP contribution in [0, 0.1) is 0 Å². The number of allylic oxidation sites excluding steroid dienone is 5. The van der Waals surface area contributed by atoms with Crippen LogP contribution in [0.3, 0.4) is 0 Å². The Morgan fingerprint density at radius 2 is 1.81 bits per heavy atom. The van der Waals surface area contributed by atoms with Crippen LogP contribution in [-0.4, -0.2) is 13.2 Å². The largest absolute Gasteiger partial charge is 0.223 e. The molecule has 0 aromatic rings. The molecule has 0 fully saturated rings. The van der Waals surface area contributed by atoms with Crippen molar-refractivity contribution < 1.29 is 8.42 Å². The van der Waals surface area contributed by atoms with E-state index in [0.29, 0.717) is 6.42 Å². The average Bonchev–Trinajstić information content (AvgIpc) is 2.23. The molecule has 0 aliphatic rings. The van der Waals surface area contributed by atoms with Crippen LogP contribution in [0.15, 0.2) is 48.4 Å². The lowest BCUT2D eigenvalue weighted by Crippen LogP contribution is -2.31. The van der Waals surface area contributed by atoms with Crippen LogP contribution in [-0.2, 0) is 9.84 Å². The fraction of sp³-hybridized carbons (Fsp3) is 0.385. The number of sulfone groups is 1. The molecule has 90 valence electrons. The van der Waals surface area contributed by atoms with Gasteiger partial charge in [-0.1, -0.05) is 38.3 Å². The van der Waals surface area contributed by atoms with E-state index in [1.54, 1.807) is 32.1 Å². The van der Waals surface area contributed by atoms with Crippen LogP contribution in [0.1, 0.15) is 27.2 Å². The van der Waals surface area contributed by atoms with Gasteiger partial charge in [0.25, 0.3) is 0 Å². The molecule has 0 aromatic heterocycles. The van der Waals surface area contributed by atoms with Gasteiger partial charge in [0.05, 0.1) is 9.65 Å². The zero-order chi connectivity index (χ0) is 12.8. The highest BCUT2D eigenvalue weighted by Crippen LogP contribution is 2.28. The van der Waals surface area contributed by atoms with Crippen LogP contribution in [0.2, 0.25) is 0 Å². The summed E-state index contributed by atoms with van der Waals surface area (Å²) >= 11 is 0. The molecule has 0 heterocycles. The van der Waals surface area contributed by atoms with Crippen molar-refractivity contribution in [1.82, 2.24) is 0 Å². The molecule has 0 aliphatic heterocycles. The number of rotatable bonds is 6. The molecule has 0 radical (unpaired) electrons. The SMILES string of the molecule is C=C/C=C\C(=C/C=C)S(=O)(=O)C(C)(C)CC. The van der Waals surface area contributed by atoms with Crippen molar-refractivity contribution >= 4 is 9.84 Å². The molecule has 0 aliphatic carbocycles. The van der Waals surface area contributed by atoms with E-state index in [2.05, 4.69) is 13.2 Å². The average molecular weight is 240 g/mol. The standard InChI is InChI=1S/C13H20O2S/c1-6-9-11-12(10-7-2)16(14,15)13(4,5)8-3/h6-7,9-11H,1-2,8H2,3-5H3/b11-9-,12-10+. The van der Waals surface area contributed by atoms with Crippen LogP contribution < -0.4 is 0 Å². The number of hydrogen-bond donors (Lipinski definition) is 0. The van der Waals surface area contributed by atoms with Gasteiger partial charge in [0, 0.05) is 0 Å². The number of hydrogen-bond acceptors (Lipinski definition) is 2. The highest BCUT2D eigenvalue weighted by molar-refractivity contribution is 7.96. The van der Waals surface area contributed by atoms with Crippen molar-refractivity contribution in [2.24, 2.45) is 0 Å². The lowest BCUT2D eigenvalue weighted by molar-refractivity contribution is 0.546. The van der Waals surface area contributed by atoms with E-state index >= 15 is 0 Å². The lowest BCUT2D eigenvalue weighted by Gasteiger charge is -2.23. The summed E-state index contributed by atoms with van der Waals surface area (Å²) in [6.45, 7) is 12.4. The Morgan fingerprint density at radius 3 is 2.19 bits per heavy atom. The first kappa shape index (κ1) is 14.9. The maximum absolute atomic E-state index is 12.3. The summed E-state index contributed by atoms with van der Waals surface area (Å²) in [4.78, 5) is 0.272. The fourth-order valence-corrected chi connectivity index (χ4v) is 2.57. The van der Waals surface area contributed by atoms with Gasteiger partial charge in [0.15, 0.2) is 9.84 Å². The zero-order valence-corrected chi connectivity index (χ0v) is 11.0. The monoisotopic (exact) mass is 240 g/mol. The second-order valence-electron chi connectivity index (χ2n) is 4.02. The smallest absolute Gasteiger partial charge is 0.183 e. The van der Waals surface area contributed by atoms with Gasteiger partial charge in [-0.3, -0.25) is 0 Å². The first-order valence-corrected chi connectivity index (χ1v) is 6.68. The Balaban J connectivity index is 5.56. The molecule has 0 atom stereocenters. The summed E-state index contributed by atoms with van der Waals surface area (Å²) < 4.78 is 23.8. The molecule has 16 heavy (non-hydrogen) atoms. The minimum atomic E-state index is -3.33. The Bertz CT molecular complexity index is 409. The molecular weight excluding hydrogens is 220 g/mol. The Labute approximate surface area is 99.0 Å². The van der Waals surface area contributed by atoms with E-state index in [-0.39, 0.29) is 4.91 Å². The first-order valence-electron chi connectivity index (χ1n) is 5.20.